The van der Waals surface area contributed by atoms with Crippen LogP contribution in [0.15, 0.2) is 35.2 Å². The van der Waals surface area contributed by atoms with Gasteiger partial charge in [0, 0.05) is 24.2 Å². The van der Waals surface area contributed by atoms with Crippen LogP contribution in [0.1, 0.15) is 22.6 Å². The Bertz CT molecular complexity index is 536. The summed E-state index contributed by atoms with van der Waals surface area (Å²) in [6, 6.07) is 7.63. The quantitative estimate of drug-likeness (QED) is 0.783. The lowest BCUT2D eigenvalue weighted by Gasteiger charge is -2.29. The highest BCUT2D eigenvalue weighted by Crippen LogP contribution is 2.27. The van der Waals surface area contributed by atoms with E-state index in [2.05, 4.69) is 15.0 Å². The first-order valence-electron chi connectivity index (χ1n) is 5.47. The molecule has 0 amide bonds. The molecule has 0 atom stereocenters. The molecule has 5 heteroatoms. The molecule has 3 rings (SSSR count). The summed E-state index contributed by atoms with van der Waals surface area (Å²) >= 11 is 0. The molecule has 0 fully saturated rings. The van der Waals surface area contributed by atoms with E-state index >= 15 is 0 Å². The van der Waals surface area contributed by atoms with Crippen molar-refractivity contribution < 1.29 is 9.32 Å². The van der Waals surface area contributed by atoms with Crippen molar-refractivity contribution in [2.75, 3.05) is 11.4 Å². The molecule has 1 aromatic carbocycles. The van der Waals surface area contributed by atoms with Crippen LogP contribution in [0.25, 0.3) is 0 Å². The van der Waals surface area contributed by atoms with Crippen LogP contribution in [0.4, 0.5) is 5.69 Å². The summed E-state index contributed by atoms with van der Waals surface area (Å²) in [5.74, 6) is 0.833. The lowest BCUT2D eigenvalue weighted by atomic mass is 10.0. The first-order chi connectivity index (χ1) is 8.34. The second-order valence-corrected chi connectivity index (χ2v) is 3.96. The highest BCUT2D eigenvalue weighted by Gasteiger charge is 2.23. The summed E-state index contributed by atoms with van der Waals surface area (Å²) in [6.45, 7) is 1.27. The molecule has 2 aromatic rings. The molecule has 1 aromatic heterocycles. The monoisotopic (exact) mass is 229 g/mol. The van der Waals surface area contributed by atoms with Crippen molar-refractivity contribution in [1.29, 1.82) is 0 Å². The average Bonchev–Trinajstić information content (AvgIpc) is 2.86. The number of aromatic nitrogens is 2. The molecule has 5 nitrogen and oxygen atoms in total. The number of hydrogen-bond donors (Lipinski definition) is 0. The number of para-hydroxylation sites is 1. The first-order valence-corrected chi connectivity index (χ1v) is 5.47. The molecule has 0 spiro atoms. The molecule has 1 aliphatic rings. The highest BCUT2D eigenvalue weighted by molar-refractivity contribution is 6.03. The maximum Gasteiger partial charge on any atom is 0.213 e. The van der Waals surface area contributed by atoms with Crippen molar-refractivity contribution in [3.63, 3.8) is 0 Å². The Morgan fingerprint density at radius 1 is 1.35 bits per heavy atom. The van der Waals surface area contributed by atoms with Gasteiger partial charge in [0.2, 0.25) is 6.39 Å². The van der Waals surface area contributed by atoms with Gasteiger partial charge in [0.05, 0.1) is 6.54 Å². The van der Waals surface area contributed by atoms with Crippen LogP contribution in [0, 0.1) is 0 Å². The summed E-state index contributed by atoms with van der Waals surface area (Å²) in [5.41, 5.74) is 1.73. The van der Waals surface area contributed by atoms with E-state index in [-0.39, 0.29) is 5.78 Å². The third kappa shape index (κ3) is 1.80. The number of hydrogen-bond acceptors (Lipinski definition) is 5. The van der Waals surface area contributed by atoms with E-state index in [1.165, 1.54) is 6.39 Å². The number of carbonyl (C=O) groups is 1. The second kappa shape index (κ2) is 4.01. The predicted octanol–water partition coefficient (Wildman–Crippen LogP) is 1.66. The molecule has 0 aliphatic carbocycles. The van der Waals surface area contributed by atoms with E-state index in [9.17, 15) is 4.79 Å². The molecule has 0 saturated heterocycles. The molecule has 86 valence electrons. The van der Waals surface area contributed by atoms with E-state index in [1.54, 1.807) is 0 Å². The van der Waals surface area contributed by atoms with Crippen LogP contribution >= 0.6 is 0 Å². The minimum Gasteiger partial charge on any atom is -0.363 e. The number of fused-ring (bicyclic) bond motifs is 1. The van der Waals surface area contributed by atoms with Gasteiger partial charge in [-0.05, 0) is 12.1 Å². The fraction of sp³-hybridized carbons (Fsp3) is 0.250. The Balaban J connectivity index is 1.93. The Morgan fingerprint density at radius 3 is 3.06 bits per heavy atom. The van der Waals surface area contributed by atoms with Gasteiger partial charge in [-0.3, -0.25) is 4.79 Å². The van der Waals surface area contributed by atoms with Crippen LogP contribution in [-0.2, 0) is 6.54 Å². The number of benzene rings is 1. The van der Waals surface area contributed by atoms with Crippen LogP contribution in [-0.4, -0.2) is 22.5 Å². The first kappa shape index (κ1) is 10.0. The lowest BCUT2D eigenvalue weighted by Crippen LogP contribution is -2.31. The molecule has 17 heavy (non-hydrogen) atoms. The molecular formula is C12H11N3O2. The summed E-state index contributed by atoms with van der Waals surface area (Å²) in [7, 11) is 0. The molecule has 0 saturated carbocycles. The van der Waals surface area contributed by atoms with Gasteiger partial charge in [-0.1, -0.05) is 17.3 Å². The molecule has 2 heterocycles. The second-order valence-electron chi connectivity index (χ2n) is 3.96. The summed E-state index contributed by atoms with van der Waals surface area (Å²) < 4.78 is 4.71. The maximum absolute atomic E-state index is 11.8. The maximum atomic E-state index is 11.8. The fourth-order valence-electron chi connectivity index (χ4n) is 2.07. The fourth-order valence-corrected chi connectivity index (χ4v) is 2.07. The van der Waals surface area contributed by atoms with E-state index in [4.69, 9.17) is 4.52 Å². The average molecular weight is 229 g/mol. The van der Waals surface area contributed by atoms with Crippen molar-refractivity contribution in [3.05, 3.63) is 42.0 Å². The Hall–Kier alpha value is -2.17. The minimum absolute atomic E-state index is 0.199. The third-order valence-corrected chi connectivity index (χ3v) is 2.89. The van der Waals surface area contributed by atoms with E-state index in [1.807, 2.05) is 24.3 Å². The number of anilines is 1. The van der Waals surface area contributed by atoms with Crippen molar-refractivity contribution in [3.8, 4) is 0 Å². The molecule has 0 unspecified atom stereocenters. The van der Waals surface area contributed by atoms with Gasteiger partial charge in [0.1, 0.15) is 0 Å². The molecule has 0 radical (unpaired) electrons. The summed E-state index contributed by atoms with van der Waals surface area (Å²) in [5, 5.41) is 3.79. The Kier molecular flexibility index (Phi) is 2.36. The SMILES string of the molecule is O=C1CCN(Cc2ncon2)c2ccccc21. The van der Waals surface area contributed by atoms with Crippen LogP contribution < -0.4 is 4.90 Å². The van der Waals surface area contributed by atoms with Crippen LogP contribution in [0.2, 0.25) is 0 Å². The zero-order valence-corrected chi connectivity index (χ0v) is 9.17. The standard InChI is InChI=1S/C12H11N3O2/c16-11-5-6-15(7-12-13-8-17-14-12)10-4-2-1-3-9(10)11/h1-4,8H,5-7H2. The molecule has 0 bridgehead atoms. The van der Waals surface area contributed by atoms with E-state index in [0.29, 0.717) is 25.3 Å². The van der Waals surface area contributed by atoms with Crippen molar-refractivity contribution in [2.45, 2.75) is 13.0 Å². The van der Waals surface area contributed by atoms with Gasteiger partial charge in [-0.25, -0.2) is 0 Å². The highest BCUT2D eigenvalue weighted by atomic mass is 16.5. The minimum atomic E-state index is 0.199. The van der Waals surface area contributed by atoms with Gasteiger partial charge in [0.25, 0.3) is 0 Å². The van der Waals surface area contributed by atoms with Gasteiger partial charge < -0.3 is 9.42 Å². The number of carbonyl (C=O) groups excluding carboxylic acids is 1. The normalized spacial score (nSPS) is 14.8. The van der Waals surface area contributed by atoms with Crippen LogP contribution in [0.3, 0.4) is 0 Å². The Labute approximate surface area is 98.0 Å². The smallest absolute Gasteiger partial charge is 0.213 e. The third-order valence-electron chi connectivity index (χ3n) is 2.89. The van der Waals surface area contributed by atoms with Crippen molar-refractivity contribution in [2.24, 2.45) is 0 Å². The van der Waals surface area contributed by atoms with Crippen molar-refractivity contribution >= 4 is 11.5 Å². The number of rotatable bonds is 2. The molecule has 0 N–H and O–H groups in total. The number of nitrogens with zero attached hydrogens (tertiary/aromatic N) is 3. The van der Waals surface area contributed by atoms with E-state index in [0.717, 1.165) is 11.3 Å². The molecular weight excluding hydrogens is 218 g/mol. The summed E-state index contributed by atoms with van der Waals surface area (Å²) in [6.07, 6.45) is 1.85. The molecule has 1 aliphatic heterocycles. The Morgan fingerprint density at radius 2 is 2.24 bits per heavy atom. The van der Waals surface area contributed by atoms with Gasteiger partial charge in [-0.2, -0.15) is 4.98 Å². The number of ketones is 1. The van der Waals surface area contributed by atoms with Gasteiger partial charge >= 0.3 is 0 Å². The topological polar surface area (TPSA) is 59.2 Å². The summed E-state index contributed by atoms with van der Waals surface area (Å²) in [4.78, 5) is 17.9. The lowest BCUT2D eigenvalue weighted by molar-refractivity contribution is 0.0979. The van der Waals surface area contributed by atoms with E-state index < -0.39 is 0 Å². The van der Waals surface area contributed by atoms with Gasteiger partial charge in [-0.15, -0.1) is 0 Å². The largest absolute Gasteiger partial charge is 0.363 e. The number of Topliss-reactive ketones (excluding diaryl/α,β-unsaturated/α-hetero) is 1. The van der Waals surface area contributed by atoms with Crippen LogP contribution in [0.5, 0.6) is 0 Å². The van der Waals surface area contributed by atoms with Crippen molar-refractivity contribution in [1.82, 2.24) is 10.1 Å². The zero-order chi connectivity index (χ0) is 11.7. The zero-order valence-electron chi connectivity index (χ0n) is 9.17. The van der Waals surface area contributed by atoms with Gasteiger partial charge in [0.15, 0.2) is 11.6 Å². The predicted molar refractivity (Wildman–Crippen MR) is 60.7 cm³/mol.